The van der Waals surface area contributed by atoms with E-state index in [0.717, 1.165) is 51.6 Å². The maximum Gasteiger partial charge on any atom is 0.236 e. The smallest absolute Gasteiger partial charge is 0.236 e. The van der Waals surface area contributed by atoms with Crippen LogP contribution in [0.25, 0.3) is 0 Å². The molecule has 0 bridgehead atoms. The van der Waals surface area contributed by atoms with Crippen LogP contribution in [0.1, 0.15) is 51.9 Å². The summed E-state index contributed by atoms with van der Waals surface area (Å²) in [5.41, 5.74) is 0. The Morgan fingerprint density at radius 3 is 2.57 bits per heavy atom. The normalized spacial score (nSPS) is 24.1. The zero-order chi connectivity index (χ0) is 14.9. The van der Waals surface area contributed by atoms with Gasteiger partial charge >= 0.3 is 0 Å². The van der Waals surface area contributed by atoms with Crippen LogP contribution >= 0.6 is 0 Å². The fourth-order valence-electron chi connectivity index (χ4n) is 3.61. The van der Waals surface area contributed by atoms with Gasteiger partial charge in [-0.15, -0.1) is 0 Å². The molecule has 2 aliphatic rings. The predicted molar refractivity (Wildman–Crippen MR) is 87.4 cm³/mol. The maximum atomic E-state index is 12.5. The lowest BCUT2D eigenvalue weighted by Crippen LogP contribution is -2.44. The third-order valence-corrected chi connectivity index (χ3v) is 4.77. The van der Waals surface area contributed by atoms with Crippen molar-refractivity contribution < 1.29 is 4.79 Å². The van der Waals surface area contributed by atoms with Gasteiger partial charge in [-0.2, -0.15) is 0 Å². The summed E-state index contributed by atoms with van der Waals surface area (Å²) in [4.78, 5) is 17.0. The first-order chi connectivity index (χ1) is 10.3. The van der Waals surface area contributed by atoms with Gasteiger partial charge in [0.15, 0.2) is 0 Å². The van der Waals surface area contributed by atoms with E-state index in [4.69, 9.17) is 0 Å². The van der Waals surface area contributed by atoms with Crippen LogP contribution in [0.3, 0.4) is 0 Å². The average Bonchev–Trinajstić information content (AvgIpc) is 2.77. The number of piperidine rings is 1. The van der Waals surface area contributed by atoms with Crippen molar-refractivity contribution in [2.24, 2.45) is 5.92 Å². The highest BCUT2D eigenvalue weighted by molar-refractivity contribution is 5.78. The van der Waals surface area contributed by atoms with Crippen molar-refractivity contribution in [3.05, 3.63) is 0 Å². The van der Waals surface area contributed by atoms with Crippen molar-refractivity contribution in [1.29, 1.82) is 0 Å². The Morgan fingerprint density at radius 1 is 1.19 bits per heavy atom. The third-order valence-electron chi connectivity index (χ3n) is 4.77. The number of hydrogen-bond acceptors (Lipinski definition) is 3. The number of likely N-dealkylation sites (tertiary alicyclic amines) is 1. The van der Waals surface area contributed by atoms with E-state index in [1.165, 1.54) is 38.5 Å². The first kappa shape index (κ1) is 16.8. The second kappa shape index (κ2) is 9.42. The summed E-state index contributed by atoms with van der Waals surface area (Å²) in [7, 11) is 0. The summed E-state index contributed by atoms with van der Waals surface area (Å²) < 4.78 is 0. The molecule has 21 heavy (non-hydrogen) atoms. The maximum absolute atomic E-state index is 12.5. The van der Waals surface area contributed by atoms with Gasteiger partial charge in [-0.3, -0.25) is 9.69 Å². The molecule has 0 aliphatic carbocycles. The van der Waals surface area contributed by atoms with E-state index >= 15 is 0 Å². The predicted octanol–water partition coefficient (Wildman–Crippen LogP) is 2.10. The summed E-state index contributed by atoms with van der Waals surface area (Å²) >= 11 is 0. The first-order valence-electron chi connectivity index (χ1n) is 9.00. The lowest BCUT2D eigenvalue weighted by atomic mass is 9.99. The largest absolute Gasteiger partial charge is 0.342 e. The number of rotatable bonds is 6. The topological polar surface area (TPSA) is 35.6 Å². The molecule has 0 saturated carbocycles. The van der Waals surface area contributed by atoms with E-state index in [0.29, 0.717) is 12.5 Å². The Balaban J connectivity index is 1.80. The summed E-state index contributed by atoms with van der Waals surface area (Å²) in [6.07, 6.45) is 8.67. The van der Waals surface area contributed by atoms with Gasteiger partial charge in [-0.05, 0) is 57.7 Å². The molecule has 2 rings (SSSR count). The van der Waals surface area contributed by atoms with Gasteiger partial charge in [-0.25, -0.2) is 0 Å². The van der Waals surface area contributed by atoms with Crippen molar-refractivity contribution in [2.75, 3.05) is 45.8 Å². The van der Waals surface area contributed by atoms with Gasteiger partial charge in [-0.1, -0.05) is 19.8 Å². The summed E-state index contributed by atoms with van der Waals surface area (Å²) in [5, 5.41) is 3.49. The fourth-order valence-corrected chi connectivity index (χ4v) is 3.61. The molecule has 122 valence electrons. The van der Waals surface area contributed by atoms with Crippen LogP contribution in [-0.4, -0.2) is 61.5 Å². The molecule has 2 aliphatic heterocycles. The average molecular weight is 295 g/mol. The molecule has 0 radical (unpaired) electrons. The molecular weight excluding hydrogens is 262 g/mol. The van der Waals surface area contributed by atoms with Gasteiger partial charge in [0.1, 0.15) is 0 Å². The molecule has 1 N–H and O–H groups in total. The van der Waals surface area contributed by atoms with Crippen molar-refractivity contribution in [2.45, 2.75) is 51.9 Å². The molecule has 2 saturated heterocycles. The Hall–Kier alpha value is -0.610. The highest BCUT2D eigenvalue weighted by Gasteiger charge is 2.21. The Morgan fingerprint density at radius 2 is 1.95 bits per heavy atom. The Labute approximate surface area is 130 Å². The number of carbonyl (C=O) groups excluding carboxylic acids is 1. The molecular formula is C17H33N3O. The van der Waals surface area contributed by atoms with Crippen molar-refractivity contribution in [3.63, 3.8) is 0 Å². The molecule has 4 heteroatoms. The van der Waals surface area contributed by atoms with Gasteiger partial charge in [0.2, 0.25) is 5.91 Å². The van der Waals surface area contributed by atoms with Crippen LogP contribution in [0.15, 0.2) is 0 Å². The minimum Gasteiger partial charge on any atom is -0.342 e. The molecule has 0 aromatic heterocycles. The highest BCUT2D eigenvalue weighted by Crippen LogP contribution is 2.14. The van der Waals surface area contributed by atoms with E-state index < -0.39 is 0 Å². The molecule has 1 atom stereocenters. The van der Waals surface area contributed by atoms with Crippen molar-refractivity contribution in [3.8, 4) is 0 Å². The van der Waals surface area contributed by atoms with E-state index in [1.54, 1.807) is 0 Å². The van der Waals surface area contributed by atoms with E-state index in [2.05, 4.69) is 22.0 Å². The standard InChI is InChI=1S/C17H33N3O/c1-2-10-19(14-16-8-7-9-18-13-16)15-17(21)20-11-5-3-4-6-12-20/h16,18H,2-15H2,1H3. The van der Waals surface area contributed by atoms with Crippen LogP contribution in [0, 0.1) is 5.92 Å². The molecule has 0 aromatic rings. The van der Waals surface area contributed by atoms with Crippen molar-refractivity contribution >= 4 is 5.91 Å². The monoisotopic (exact) mass is 295 g/mol. The number of carbonyl (C=O) groups is 1. The van der Waals surface area contributed by atoms with Crippen molar-refractivity contribution in [1.82, 2.24) is 15.1 Å². The molecule has 0 spiro atoms. The fraction of sp³-hybridized carbons (Fsp3) is 0.941. The van der Waals surface area contributed by atoms with Crippen LogP contribution in [0.4, 0.5) is 0 Å². The second-order valence-electron chi connectivity index (χ2n) is 6.74. The van der Waals surface area contributed by atoms with Crippen LogP contribution in [0.2, 0.25) is 0 Å². The van der Waals surface area contributed by atoms with E-state index in [1.807, 2.05) is 0 Å². The summed E-state index contributed by atoms with van der Waals surface area (Å²) in [5.74, 6) is 1.08. The molecule has 0 aromatic carbocycles. The number of amides is 1. The Kier molecular flexibility index (Phi) is 7.51. The SMILES string of the molecule is CCCN(CC(=O)N1CCCCCC1)CC1CCCNC1. The van der Waals surface area contributed by atoms with Gasteiger partial charge in [0.25, 0.3) is 0 Å². The number of nitrogens with zero attached hydrogens (tertiary/aromatic N) is 2. The molecule has 4 nitrogen and oxygen atoms in total. The minimum absolute atomic E-state index is 0.356. The molecule has 1 amide bonds. The third kappa shape index (κ3) is 5.95. The molecule has 2 fully saturated rings. The molecule has 1 unspecified atom stereocenters. The number of nitrogens with one attached hydrogen (secondary N) is 1. The summed E-state index contributed by atoms with van der Waals surface area (Å²) in [6.45, 7) is 9.21. The quantitative estimate of drug-likeness (QED) is 0.815. The van der Waals surface area contributed by atoms with Gasteiger partial charge in [0, 0.05) is 19.6 Å². The molecule has 2 heterocycles. The van der Waals surface area contributed by atoms with Gasteiger partial charge in [0.05, 0.1) is 6.54 Å². The van der Waals surface area contributed by atoms with E-state index in [-0.39, 0.29) is 0 Å². The zero-order valence-corrected chi connectivity index (χ0v) is 13.8. The van der Waals surface area contributed by atoms with Gasteiger partial charge < -0.3 is 10.2 Å². The number of hydrogen-bond donors (Lipinski definition) is 1. The lowest BCUT2D eigenvalue weighted by molar-refractivity contribution is -0.132. The second-order valence-corrected chi connectivity index (χ2v) is 6.74. The Bertz CT molecular complexity index is 294. The van der Waals surface area contributed by atoms with Crippen LogP contribution < -0.4 is 5.32 Å². The van der Waals surface area contributed by atoms with Crippen LogP contribution in [0.5, 0.6) is 0 Å². The zero-order valence-electron chi connectivity index (χ0n) is 13.8. The first-order valence-corrected chi connectivity index (χ1v) is 9.00. The van der Waals surface area contributed by atoms with E-state index in [9.17, 15) is 4.79 Å². The minimum atomic E-state index is 0.356. The summed E-state index contributed by atoms with van der Waals surface area (Å²) in [6, 6.07) is 0. The highest BCUT2D eigenvalue weighted by atomic mass is 16.2. The lowest BCUT2D eigenvalue weighted by Gasteiger charge is -2.31. The van der Waals surface area contributed by atoms with Crippen LogP contribution in [-0.2, 0) is 4.79 Å².